The summed E-state index contributed by atoms with van der Waals surface area (Å²) in [5.41, 5.74) is 1.49. The Kier molecular flexibility index (Phi) is 4.66. The first-order valence-corrected chi connectivity index (χ1v) is 9.17. The summed E-state index contributed by atoms with van der Waals surface area (Å²) in [7, 11) is 0. The molecule has 0 amide bonds. The van der Waals surface area contributed by atoms with Gasteiger partial charge in [-0.2, -0.15) is 0 Å². The van der Waals surface area contributed by atoms with Crippen LogP contribution in [0.5, 0.6) is 11.5 Å². The Morgan fingerprint density at radius 1 is 1.21 bits per heavy atom. The third-order valence-electron chi connectivity index (χ3n) is 4.22. The molecule has 0 unspecified atom stereocenters. The number of nitro groups is 1. The van der Waals surface area contributed by atoms with E-state index in [9.17, 15) is 20.0 Å². The van der Waals surface area contributed by atoms with E-state index in [4.69, 9.17) is 9.47 Å². The summed E-state index contributed by atoms with van der Waals surface area (Å²) in [6.07, 6.45) is 1.49. The molecule has 4 rings (SSSR count). The maximum absolute atomic E-state index is 11.5. The van der Waals surface area contributed by atoms with Crippen LogP contribution in [-0.2, 0) is 4.79 Å². The van der Waals surface area contributed by atoms with E-state index in [0.717, 1.165) is 10.2 Å². The van der Waals surface area contributed by atoms with Crippen molar-refractivity contribution in [1.82, 2.24) is 4.98 Å². The predicted molar refractivity (Wildman–Crippen MR) is 101 cm³/mol. The van der Waals surface area contributed by atoms with Crippen LogP contribution < -0.4 is 14.6 Å². The van der Waals surface area contributed by atoms with E-state index in [0.29, 0.717) is 27.6 Å². The molecular weight excluding hydrogens is 384 g/mol. The van der Waals surface area contributed by atoms with Crippen LogP contribution in [0.1, 0.15) is 23.4 Å². The van der Waals surface area contributed by atoms with Crippen molar-refractivity contribution >= 4 is 44.9 Å². The fourth-order valence-electron chi connectivity index (χ4n) is 2.90. The van der Waals surface area contributed by atoms with E-state index >= 15 is 0 Å². The average Bonchev–Trinajstić information content (AvgIpc) is 3.29. The Bertz CT molecular complexity index is 1090. The molecule has 2 heterocycles. The Hall–Kier alpha value is -3.46. The third-order valence-corrected chi connectivity index (χ3v) is 5.33. The molecule has 0 N–H and O–H groups in total. The molecule has 9 heteroatoms. The highest BCUT2D eigenvalue weighted by atomic mass is 32.1. The van der Waals surface area contributed by atoms with Gasteiger partial charge in [-0.15, -0.1) is 11.3 Å². The number of para-hydroxylation sites is 1. The molecule has 0 aliphatic carbocycles. The Balaban J connectivity index is 1.83. The lowest BCUT2D eigenvalue weighted by atomic mass is 10.0. The molecule has 1 aliphatic heterocycles. The van der Waals surface area contributed by atoms with E-state index in [2.05, 4.69) is 4.98 Å². The van der Waals surface area contributed by atoms with Gasteiger partial charge in [-0.3, -0.25) is 10.1 Å². The lowest BCUT2D eigenvalue weighted by Gasteiger charge is -2.07. The summed E-state index contributed by atoms with van der Waals surface area (Å²) >= 11 is 1.40. The van der Waals surface area contributed by atoms with Gasteiger partial charge in [0.05, 0.1) is 26.8 Å². The molecule has 0 saturated heterocycles. The number of carbonyl (C=O) groups excluding carboxylic acids is 1. The van der Waals surface area contributed by atoms with Crippen molar-refractivity contribution in [3.63, 3.8) is 0 Å². The van der Waals surface area contributed by atoms with Gasteiger partial charge in [0.1, 0.15) is 5.01 Å². The van der Waals surface area contributed by atoms with Crippen molar-refractivity contribution in [2.45, 2.75) is 12.8 Å². The highest BCUT2D eigenvalue weighted by Crippen LogP contribution is 2.40. The molecule has 0 fully saturated rings. The predicted octanol–water partition coefficient (Wildman–Crippen LogP) is 3.00. The quantitative estimate of drug-likeness (QED) is 0.464. The number of aliphatic carboxylic acids is 1. The zero-order valence-electron chi connectivity index (χ0n) is 14.4. The van der Waals surface area contributed by atoms with Crippen LogP contribution in [-0.4, -0.2) is 22.7 Å². The number of rotatable bonds is 6. The summed E-state index contributed by atoms with van der Waals surface area (Å²) in [6, 6.07) is 10.3. The second kappa shape index (κ2) is 7.28. The first-order valence-electron chi connectivity index (χ1n) is 8.35. The van der Waals surface area contributed by atoms with Crippen molar-refractivity contribution in [3.05, 3.63) is 57.1 Å². The molecule has 0 atom stereocenters. The van der Waals surface area contributed by atoms with Gasteiger partial charge in [-0.05, 0) is 42.7 Å². The van der Waals surface area contributed by atoms with Crippen molar-refractivity contribution in [1.29, 1.82) is 0 Å². The Labute approximate surface area is 162 Å². The molecule has 0 bridgehead atoms. The van der Waals surface area contributed by atoms with Crippen LogP contribution in [0.4, 0.5) is 5.69 Å². The van der Waals surface area contributed by atoms with Gasteiger partial charge in [0.15, 0.2) is 11.5 Å². The summed E-state index contributed by atoms with van der Waals surface area (Å²) < 4.78 is 11.5. The van der Waals surface area contributed by atoms with E-state index in [-0.39, 0.29) is 25.3 Å². The third kappa shape index (κ3) is 3.52. The minimum atomic E-state index is -1.20. The second-order valence-electron chi connectivity index (χ2n) is 6.05. The van der Waals surface area contributed by atoms with Gasteiger partial charge in [-0.25, -0.2) is 4.98 Å². The van der Waals surface area contributed by atoms with Gasteiger partial charge < -0.3 is 19.4 Å². The van der Waals surface area contributed by atoms with Gasteiger partial charge in [-0.1, -0.05) is 12.1 Å². The Morgan fingerprint density at radius 2 is 1.96 bits per heavy atom. The van der Waals surface area contributed by atoms with Crippen LogP contribution in [0, 0.1) is 10.1 Å². The maximum atomic E-state index is 11.5. The number of carboxylic acids is 1. The van der Waals surface area contributed by atoms with E-state index < -0.39 is 10.9 Å². The SMILES string of the molecule is O=C([O-])CC/C(=C\c1cc2c(cc1[N+](=O)[O-])OCO2)c1nc2ccccc2s1. The van der Waals surface area contributed by atoms with Crippen LogP contribution in [0.15, 0.2) is 36.4 Å². The van der Waals surface area contributed by atoms with Crippen LogP contribution in [0.25, 0.3) is 21.9 Å². The number of nitro benzene ring substituents is 1. The molecule has 0 saturated carbocycles. The highest BCUT2D eigenvalue weighted by Gasteiger charge is 2.23. The van der Waals surface area contributed by atoms with Crippen LogP contribution in [0.2, 0.25) is 0 Å². The van der Waals surface area contributed by atoms with Crippen molar-refractivity contribution < 1.29 is 24.3 Å². The number of hydrogen-bond donors (Lipinski definition) is 0. The smallest absolute Gasteiger partial charge is 0.280 e. The molecule has 2 aromatic carbocycles. The fourth-order valence-corrected chi connectivity index (χ4v) is 3.90. The molecule has 3 aromatic rings. The Morgan fingerprint density at radius 3 is 2.68 bits per heavy atom. The molecule has 1 aromatic heterocycles. The molecule has 8 nitrogen and oxygen atoms in total. The van der Waals surface area contributed by atoms with Crippen LogP contribution in [0.3, 0.4) is 0 Å². The van der Waals surface area contributed by atoms with E-state index in [1.54, 1.807) is 6.08 Å². The number of thiazole rings is 1. The van der Waals surface area contributed by atoms with Gasteiger partial charge in [0.2, 0.25) is 6.79 Å². The van der Waals surface area contributed by atoms with Gasteiger partial charge >= 0.3 is 0 Å². The highest BCUT2D eigenvalue weighted by molar-refractivity contribution is 7.19. The van der Waals surface area contributed by atoms with Crippen molar-refractivity contribution in [3.8, 4) is 11.5 Å². The number of carbonyl (C=O) groups is 1. The normalized spacial score (nSPS) is 13.1. The number of aromatic nitrogens is 1. The van der Waals surface area contributed by atoms with Crippen LogP contribution >= 0.6 is 11.3 Å². The fraction of sp³-hybridized carbons (Fsp3) is 0.158. The summed E-state index contributed by atoms with van der Waals surface area (Å²) in [6.45, 7) is -0.00490. The summed E-state index contributed by atoms with van der Waals surface area (Å²) in [4.78, 5) is 26.5. The number of nitrogens with zero attached hydrogens (tertiary/aromatic N) is 2. The molecule has 142 valence electrons. The number of allylic oxidation sites excluding steroid dienone is 1. The number of ether oxygens (including phenoxy) is 2. The lowest BCUT2D eigenvalue weighted by molar-refractivity contribution is -0.385. The average molecular weight is 397 g/mol. The zero-order chi connectivity index (χ0) is 19.7. The molecule has 0 spiro atoms. The molecular formula is C19H13N2O6S-. The molecule has 28 heavy (non-hydrogen) atoms. The largest absolute Gasteiger partial charge is 0.550 e. The van der Waals surface area contributed by atoms with E-state index in [1.165, 1.54) is 23.5 Å². The minimum Gasteiger partial charge on any atom is -0.550 e. The van der Waals surface area contributed by atoms with E-state index in [1.807, 2.05) is 24.3 Å². The van der Waals surface area contributed by atoms with Crippen molar-refractivity contribution in [2.24, 2.45) is 0 Å². The lowest BCUT2D eigenvalue weighted by Crippen LogP contribution is -2.21. The first kappa shape index (κ1) is 17.9. The minimum absolute atomic E-state index is 0.00490. The summed E-state index contributed by atoms with van der Waals surface area (Å²) in [5.74, 6) is -0.493. The summed E-state index contributed by atoms with van der Waals surface area (Å²) in [5, 5.41) is 23.1. The monoisotopic (exact) mass is 397 g/mol. The molecule has 1 aliphatic rings. The number of hydrogen-bond acceptors (Lipinski definition) is 8. The number of benzene rings is 2. The van der Waals surface area contributed by atoms with Gasteiger partial charge in [0.25, 0.3) is 5.69 Å². The maximum Gasteiger partial charge on any atom is 0.280 e. The first-order chi connectivity index (χ1) is 13.5. The number of carboxylic acid groups (broad SMARTS) is 1. The van der Waals surface area contributed by atoms with Crippen molar-refractivity contribution in [2.75, 3.05) is 6.79 Å². The number of fused-ring (bicyclic) bond motifs is 2. The second-order valence-corrected chi connectivity index (χ2v) is 7.08. The zero-order valence-corrected chi connectivity index (χ0v) is 15.2. The molecule has 0 radical (unpaired) electrons. The standard InChI is InChI=1S/C19H14N2O6S/c22-18(23)6-5-11(19-20-13-3-1-2-4-17(13)28-19)7-12-8-15-16(27-10-26-15)9-14(12)21(24)25/h1-4,7-9H,5-6,10H2,(H,22,23)/p-1/b11-7+. The van der Waals surface area contributed by atoms with Gasteiger partial charge in [0, 0.05) is 5.97 Å². The topological polar surface area (TPSA) is 115 Å².